The highest BCUT2D eigenvalue weighted by Gasteiger charge is 2.18. The predicted octanol–water partition coefficient (Wildman–Crippen LogP) is -0.312. The van der Waals surface area contributed by atoms with Crippen LogP contribution in [0.25, 0.3) is 0 Å². The van der Waals surface area contributed by atoms with Crippen molar-refractivity contribution >= 4 is 15.9 Å². The Bertz CT molecular complexity index is 528. The van der Waals surface area contributed by atoms with Crippen molar-refractivity contribution in [2.24, 2.45) is 11.5 Å². The summed E-state index contributed by atoms with van der Waals surface area (Å²) in [4.78, 5) is 10.8. The van der Waals surface area contributed by atoms with E-state index in [1.165, 1.54) is 12.1 Å². The monoisotopic (exact) mass is 271 g/mol. The van der Waals surface area contributed by atoms with Crippen LogP contribution in [0.2, 0.25) is 0 Å². The second-order valence-electron chi connectivity index (χ2n) is 4.04. The van der Waals surface area contributed by atoms with Crippen molar-refractivity contribution in [1.29, 1.82) is 0 Å². The number of rotatable bonds is 6. The Morgan fingerprint density at radius 1 is 1.44 bits per heavy atom. The molecule has 1 unspecified atom stereocenters. The van der Waals surface area contributed by atoms with Crippen molar-refractivity contribution in [3.63, 3.8) is 0 Å². The molecule has 1 atom stereocenters. The van der Waals surface area contributed by atoms with Crippen LogP contribution in [0, 0.1) is 0 Å². The summed E-state index contributed by atoms with van der Waals surface area (Å²) in [6.45, 7) is 1.84. The first-order valence-corrected chi connectivity index (χ1v) is 6.93. The highest BCUT2D eigenvalue weighted by atomic mass is 32.2. The van der Waals surface area contributed by atoms with Crippen LogP contribution in [0.15, 0.2) is 29.2 Å². The zero-order valence-corrected chi connectivity index (χ0v) is 10.9. The molecule has 0 heterocycles. The highest BCUT2D eigenvalue weighted by Crippen LogP contribution is 2.12. The molecule has 0 aliphatic heterocycles. The van der Waals surface area contributed by atoms with E-state index in [9.17, 15) is 13.2 Å². The molecule has 0 aliphatic rings. The predicted molar refractivity (Wildman–Crippen MR) is 67.9 cm³/mol. The van der Waals surface area contributed by atoms with Crippen LogP contribution >= 0.6 is 0 Å². The van der Waals surface area contributed by atoms with Crippen molar-refractivity contribution in [2.75, 3.05) is 0 Å². The average molecular weight is 271 g/mol. The molecule has 0 saturated carbocycles. The minimum atomic E-state index is -3.65. The Labute approximate surface area is 106 Å². The lowest BCUT2D eigenvalue weighted by molar-refractivity contribution is -0.118. The third kappa shape index (κ3) is 4.10. The average Bonchev–Trinajstić information content (AvgIpc) is 2.27. The van der Waals surface area contributed by atoms with Gasteiger partial charge in [0.2, 0.25) is 15.9 Å². The summed E-state index contributed by atoms with van der Waals surface area (Å²) < 4.78 is 26.4. The maximum absolute atomic E-state index is 12.0. The zero-order chi connectivity index (χ0) is 13.8. The number of amides is 1. The molecule has 1 rings (SSSR count). The molecule has 0 fully saturated rings. The Hall–Kier alpha value is -1.44. The lowest BCUT2D eigenvalue weighted by Gasteiger charge is -2.13. The van der Waals surface area contributed by atoms with Crippen LogP contribution in [0.3, 0.4) is 0 Å². The molecule has 1 amide bonds. The van der Waals surface area contributed by atoms with Gasteiger partial charge in [0, 0.05) is 19.0 Å². The topological polar surface area (TPSA) is 115 Å². The lowest BCUT2D eigenvalue weighted by Crippen LogP contribution is -2.35. The van der Waals surface area contributed by atoms with Crippen LogP contribution < -0.4 is 16.2 Å². The summed E-state index contributed by atoms with van der Waals surface area (Å²) >= 11 is 0. The van der Waals surface area contributed by atoms with E-state index in [1.807, 2.05) is 0 Å². The third-order valence-corrected chi connectivity index (χ3v) is 3.90. The second-order valence-corrected chi connectivity index (χ2v) is 5.76. The van der Waals surface area contributed by atoms with Gasteiger partial charge >= 0.3 is 0 Å². The number of nitrogens with two attached hydrogens (primary N) is 2. The highest BCUT2D eigenvalue weighted by molar-refractivity contribution is 7.89. The second kappa shape index (κ2) is 5.94. The summed E-state index contributed by atoms with van der Waals surface area (Å²) in [5, 5.41) is 0. The molecule has 0 aliphatic carbocycles. The number of nitrogens with one attached hydrogen (secondary N) is 1. The summed E-state index contributed by atoms with van der Waals surface area (Å²) in [7, 11) is -3.65. The van der Waals surface area contributed by atoms with E-state index in [2.05, 4.69) is 4.72 Å². The molecule has 6 nitrogen and oxygen atoms in total. The molecule has 5 N–H and O–H groups in total. The molecule has 0 saturated heterocycles. The van der Waals surface area contributed by atoms with Crippen molar-refractivity contribution in [3.05, 3.63) is 29.8 Å². The van der Waals surface area contributed by atoms with Gasteiger partial charge < -0.3 is 11.5 Å². The fraction of sp³-hybridized carbons (Fsp3) is 0.364. The van der Waals surface area contributed by atoms with Gasteiger partial charge in [-0.15, -0.1) is 0 Å². The number of carbonyl (C=O) groups is 1. The molecular weight excluding hydrogens is 254 g/mol. The van der Waals surface area contributed by atoms with Crippen molar-refractivity contribution in [1.82, 2.24) is 4.72 Å². The van der Waals surface area contributed by atoms with Gasteiger partial charge in [-0.3, -0.25) is 4.79 Å². The largest absolute Gasteiger partial charge is 0.370 e. The number of sulfonamides is 1. The lowest BCUT2D eigenvalue weighted by atomic mass is 10.2. The van der Waals surface area contributed by atoms with E-state index in [0.717, 1.165) is 5.56 Å². The molecule has 18 heavy (non-hydrogen) atoms. The van der Waals surface area contributed by atoms with Crippen molar-refractivity contribution in [3.8, 4) is 0 Å². The first kappa shape index (κ1) is 14.6. The first-order valence-electron chi connectivity index (χ1n) is 5.45. The summed E-state index contributed by atoms with van der Waals surface area (Å²) in [5.41, 5.74) is 11.2. The van der Waals surface area contributed by atoms with Gasteiger partial charge in [-0.05, 0) is 24.6 Å². The van der Waals surface area contributed by atoms with Crippen LogP contribution in [0.1, 0.15) is 18.9 Å². The number of benzene rings is 1. The molecule has 1 aromatic carbocycles. The number of carbonyl (C=O) groups excluding carboxylic acids is 1. The van der Waals surface area contributed by atoms with Crippen LogP contribution in [0.5, 0.6) is 0 Å². The van der Waals surface area contributed by atoms with Gasteiger partial charge in [0.1, 0.15) is 0 Å². The fourth-order valence-corrected chi connectivity index (χ4v) is 2.83. The quantitative estimate of drug-likeness (QED) is 0.658. The molecule has 0 radical (unpaired) electrons. The zero-order valence-electron chi connectivity index (χ0n) is 10.1. The minimum absolute atomic E-state index is 0.0458. The SMILES string of the molecule is CC(CC(N)=O)NS(=O)(=O)c1cccc(CN)c1. The van der Waals surface area contributed by atoms with E-state index in [0.29, 0.717) is 0 Å². The van der Waals surface area contributed by atoms with Crippen LogP contribution in [-0.2, 0) is 21.4 Å². The van der Waals surface area contributed by atoms with Crippen LogP contribution in [-0.4, -0.2) is 20.4 Å². The third-order valence-electron chi connectivity index (χ3n) is 2.31. The standard InChI is InChI=1S/C11H17N3O3S/c1-8(5-11(13)15)14-18(16,17)10-4-2-3-9(6-10)7-12/h2-4,6,8,14H,5,7,12H2,1H3,(H2,13,15). The Morgan fingerprint density at radius 2 is 2.11 bits per heavy atom. The van der Waals surface area contributed by atoms with Gasteiger partial charge in [0.25, 0.3) is 0 Å². The summed E-state index contributed by atoms with van der Waals surface area (Å²) in [6, 6.07) is 5.79. The maximum Gasteiger partial charge on any atom is 0.240 e. The Kier molecular flexibility index (Phi) is 4.83. The smallest absolute Gasteiger partial charge is 0.240 e. The van der Waals surface area contributed by atoms with E-state index in [4.69, 9.17) is 11.5 Å². The number of hydrogen-bond donors (Lipinski definition) is 3. The summed E-state index contributed by atoms with van der Waals surface area (Å²) in [6.07, 6.45) is -0.0458. The Morgan fingerprint density at radius 3 is 2.67 bits per heavy atom. The number of primary amides is 1. The normalized spacial score (nSPS) is 13.2. The molecular formula is C11H17N3O3S. The molecule has 0 bridgehead atoms. The molecule has 7 heteroatoms. The van der Waals surface area contributed by atoms with Gasteiger partial charge in [-0.25, -0.2) is 13.1 Å². The summed E-state index contributed by atoms with van der Waals surface area (Å²) in [5.74, 6) is -0.555. The fourth-order valence-electron chi connectivity index (χ4n) is 1.52. The van der Waals surface area contributed by atoms with E-state index in [-0.39, 0.29) is 17.9 Å². The van der Waals surface area contributed by atoms with Crippen molar-refractivity contribution < 1.29 is 13.2 Å². The van der Waals surface area contributed by atoms with Crippen LogP contribution in [0.4, 0.5) is 0 Å². The first-order chi connectivity index (χ1) is 8.35. The molecule has 0 spiro atoms. The van der Waals surface area contributed by atoms with Gasteiger partial charge in [-0.2, -0.15) is 0 Å². The molecule has 1 aromatic rings. The van der Waals surface area contributed by atoms with E-state index in [1.54, 1.807) is 19.1 Å². The number of hydrogen-bond acceptors (Lipinski definition) is 4. The van der Waals surface area contributed by atoms with Gasteiger partial charge in [0.05, 0.1) is 4.90 Å². The van der Waals surface area contributed by atoms with E-state index < -0.39 is 22.0 Å². The molecule has 100 valence electrons. The van der Waals surface area contributed by atoms with Gasteiger partial charge in [0.15, 0.2) is 0 Å². The molecule has 0 aromatic heterocycles. The van der Waals surface area contributed by atoms with Crippen molar-refractivity contribution in [2.45, 2.75) is 30.8 Å². The Balaban J connectivity index is 2.88. The van der Waals surface area contributed by atoms with Gasteiger partial charge in [-0.1, -0.05) is 12.1 Å². The minimum Gasteiger partial charge on any atom is -0.370 e. The van der Waals surface area contributed by atoms with E-state index >= 15 is 0 Å². The maximum atomic E-state index is 12.0.